The van der Waals surface area contributed by atoms with Gasteiger partial charge in [-0.05, 0) is 44.2 Å². The Morgan fingerprint density at radius 1 is 1.31 bits per heavy atom. The van der Waals surface area contributed by atoms with Gasteiger partial charge in [-0.15, -0.1) is 5.10 Å². The maximum Gasteiger partial charge on any atom is 0.336 e. The normalized spacial score (nSPS) is 19.6. The van der Waals surface area contributed by atoms with Gasteiger partial charge in [-0.1, -0.05) is 23.1 Å². The van der Waals surface area contributed by atoms with E-state index in [1.54, 1.807) is 23.0 Å². The maximum absolute atomic E-state index is 11.7. The Kier molecular flexibility index (Phi) is 4.72. The highest BCUT2D eigenvalue weighted by molar-refractivity contribution is 5.95. The molecule has 0 amide bonds. The molecule has 1 aromatic carbocycles. The summed E-state index contributed by atoms with van der Waals surface area (Å²) < 4.78 is 7.46. The van der Waals surface area contributed by atoms with Crippen LogP contribution in [0.5, 0.6) is 0 Å². The van der Waals surface area contributed by atoms with E-state index in [0.717, 1.165) is 37.9 Å². The van der Waals surface area contributed by atoms with Crippen molar-refractivity contribution >= 4 is 5.97 Å². The van der Waals surface area contributed by atoms with E-state index in [0.29, 0.717) is 23.7 Å². The van der Waals surface area contributed by atoms with E-state index in [2.05, 4.69) is 22.2 Å². The number of benzene rings is 1. The minimum absolute atomic E-state index is 0.150. The summed E-state index contributed by atoms with van der Waals surface area (Å²) in [6.45, 7) is 1.43. The summed E-state index contributed by atoms with van der Waals surface area (Å²) in [5, 5.41) is 17.9. The molecule has 6 heteroatoms. The number of aromatic nitrogens is 3. The molecular formula is C20H21N3O3. The molecule has 0 spiro atoms. The van der Waals surface area contributed by atoms with Crippen molar-refractivity contribution in [2.75, 3.05) is 6.61 Å². The van der Waals surface area contributed by atoms with Crippen LogP contribution in [0.15, 0.2) is 24.4 Å². The lowest BCUT2D eigenvalue weighted by atomic mass is 10.0. The van der Waals surface area contributed by atoms with Crippen molar-refractivity contribution < 1.29 is 14.6 Å². The molecule has 0 radical (unpaired) electrons. The van der Waals surface area contributed by atoms with Gasteiger partial charge in [-0.25, -0.2) is 9.48 Å². The number of nitrogens with zero attached hydrogens (tertiary/aromatic N) is 3. The summed E-state index contributed by atoms with van der Waals surface area (Å²) >= 11 is 0. The number of ether oxygens (including phenoxy) is 1. The van der Waals surface area contributed by atoms with Crippen LogP contribution in [0, 0.1) is 17.8 Å². The van der Waals surface area contributed by atoms with E-state index >= 15 is 0 Å². The molecule has 4 rings (SSSR count). The van der Waals surface area contributed by atoms with Crippen LogP contribution < -0.4 is 0 Å². The van der Waals surface area contributed by atoms with Crippen LogP contribution in [-0.2, 0) is 11.3 Å². The molecule has 2 heterocycles. The van der Waals surface area contributed by atoms with Gasteiger partial charge < -0.3 is 9.84 Å². The topological polar surface area (TPSA) is 77.2 Å². The first-order valence-corrected chi connectivity index (χ1v) is 9.10. The lowest BCUT2D eigenvalue weighted by Crippen LogP contribution is -2.24. The second-order valence-corrected chi connectivity index (χ2v) is 6.92. The first kappa shape index (κ1) is 16.8. The smallest absolute Gasteiger partial charge is 0.336 e. The van der Waals surface area contributed by atoms with Crippen molar-refractivity contribution in [3.63, 3.8) is 0 Å². The fourth-order valence-electron chi connectivity index (χ4n) is 3.11. The fourth-order valence-corrected chi connectivity index (χ4v) is 3.11. The van der Waals surface area contributed by atoms with Crippen molar-refractivity contribution in [1.29, 1.82) is 0 Å². The Morgan fingerprint density at radius 2 is 2.19 bits per heavy atom. The van der Waals surface area contributed by atoms with Gasteiger partial charge in [0.1, 0.15) is 5.69 Å². The fraction of sp³-hybridized carbons (Fsp3) is 0.450. The average Bonchev–Trinajstić information content (AvgIpc) is 3.38. The van der Waals surface area contributed by atoms with Crippen molar-refractivity contribution in [3.05, 3.63) is 35.5 Å². The summed E-state index contributed by atoms with van der Waals surface area (Å²) in [5.41, 5.74) is 2.04. The molecule has 2 aliphatic rings. The highest BCUT2D eigenvalue weighted by Gasteiger charge is 2.19. The standard InChI is InChI=1S/C20H21N3O3/c24-20(25)18-11-15(7-6-14-4-5-14)8-9-17(18)19-13-23(22-21-19)12-16-3-1-2-10-26-16/h8-9,11,13-14,16H,1-5,10,12H2,(H,24,25). The molecule has 1 saturated heterocycles. The number of carbonyl (C=O) groups is 1. The largest absolute Gasteiger partial charge is 0.478 e. The zero-order valence-electron chi connectivity index (χ0n) is 14.5. The molecule has 134 valence electrons. The van der Waals surface area contributed by atoms with Gasteiger partial charge >= 0.3 is 5.97 Å². The molecular weight excluding hydrogens is 330 g/mol. The Hall–Kier alpha value is -2.65. The second-order valence-electron chi connectivity index (χ2n) is 6.92. The number of rotatable bonds is 4. The maximum atomic E-state index is 11.7. The molecule has 1 aliphatic carbocycles. The van der Waals surface area contributed by atoms with Crippen LogP contribution in [-0.4, -0.2) is 38.8 Å². The minimum atomic E-state index is -0.986. The number of hydrogen-bond donors (Lipinski definition) is 1. The van der Waals surface area contributed by atoms with Gasteiger partial charge in [0, 0.05) is 23.7 Å². The Balaban J connectivity index is 1.56. The van der Waals surface area contributed by atoms with Crippen molar-refractivity contribution in [1.82, 2.24) is 15.0 Å². The van der Waals surface area contributed by atoms with Crippen LogP contribution in [0.1, 0.15) is 48.0 Å². The first-order chi connectivity index (χ1) is 12.7. The third kappa shape index (κ3) is 3.94. The third-order valence-electron chi connectivity index (χ3n) is 4.73. The lowest BCUT2D eigenvalue weighted by molar-refractivity contribution is 0.00370. The van der Waals surface area contributed by atoms with E-state index in [1.807, 2.05) is 6.07 Å². The van der Waals surface area contributed by atoms with Gasteiger partial charge in [0.05, 0.1) is 24.4 Å². The van der Waals surface area contributed by atoms with Gasteiger partial charge in [0.15, 0.2) is 0 Å². The molecule has 0 bridgehead atoms. The van der Waals surface area contributed by atoms with Gasteiger partial charge in [0.25, 0.3) is 0 Å². The van der Waals surface area contributed by atoms with Gasteiger partial charge in [-0.3, -0.25) is 0 Å². The van der Waals surface area contributed by atoms with E-state index in [4.69, 9.17) is 4.74 Å². The van der Waals surface area contributed by atoms with Crippen molar-refractivity contribution in [3.8, 4) is 23.1 Å². The van der Waals surface area contributed by atoms with E-state index in [1.165, 1.54) is 6.42 Å². The van der Waals surface area contributed by atoms with E-state index in [-0.39, 0.29) is 11.7 Å². The zero-order valence-corrected chi connectivity index (χ0v) is 14.5. The molecule has 6 nitrogen and oxygen atoms in total. The number of hydrogen-bond acceptors (Lipinski definition) is 4. The third-order valence-corrected chi connectivity index (χ3v) is 4.73. The summed E-state index contributed by atoms with van der Waals surface area (Å²) in [6.07, 6.45) is 7.52. The summed E-state index contributed by atoms with van der Waals surface area (Å²) in [7, 11) is 0. The number of carboxylic acid groups (broad SMARTS) is 1. The predicted octanol–water partition coefficient (Wildman–Crippen LogP) is 2.97. The van der Waals surface area contributed by atoms with Crippen LogP contribution >= 0.6 is 0 Å². The number of carboxylic acids is 1. The lowest BCUT2D eigenvalue weighted by Gasteiger charge is -2.21. The molecule has 1 saturated carbocycles. The van der Waals surface area contributed by atoms with Gasteiger partial charge in [0.2, 0.25) is 0 Å². The number of aromatic carboxylic acids is 1. The minimum Gasteiger partial charge on any atom is -0.478 e. The molecule has 2 aromatic rings. The van der Waals surface area contributed by atoms with Crippen molar-refractivity contribution in [2.45, 2.75) is 44.8 Å². The molecule has 1 unspecified atom stereocenters. The van der Waals surface area contributed by atoms with Gasteiger partial charge in [-0.2, -0.15) is 0 Å². The van der Waals surface area contributed by atoms with Crippen LogP contribution in [0.25, 0.3) is 11.3 Å². The highest BCUT2D eigenvalue weighted by Crippen LogP contribution is 2.28. The van der Waals surface area contributed by atoms with Crippen LogP contribution in [0.2, 0.25) is 0 Å². The molecule has 1 aliphatic heterocycles. The SMILES string of the molecule is O=C(O)c1cc(C#CC2CC2)ccc1-c1cn(CC2CCCCO2)nn1. The van der Waals surface area contributed by atoms with E-state index in [9.17, 15) is 9.90 Å². The quantitative estimate of drug-likeness (QED) is 0.857. The molecule has 1 atom stereocenters. The molecule has 2 fully saturated rings. The predicted molar refractivity (Wildman–Crippen MR) is 95.6 cm³/mol. The Labute approximate surface area is 152 Å². The monoisotopic (exact) mass is 351 g/mol. The first-order valence-electron chi connectivity index (χ1n) is 9.10. The van der Waals surface area contributed by atoms with Crippen LogP contribution in [0.3, 0.4) is 0 Å². The Bertz CT molecular complexity index is 868. The summed E-state index contributed by atoms with van der Waals surface area (Å²) in [5.74, 6) is 5.72. The molecule has 1 N–H and O–H groups in total. The summed E-state index contributed by atoms with van der Waals surface area (Å²) in [4.78, 5) is 11.7. The van der Waals surface area contributed by atoms with Crippen molar-refractivity contribution in [2.24, 2.45) is 5.92 Å². The summed E-state index contributed by atoms with van der Waals surface area (Å²) in [6, 6.07) is 5.24. The molecule has 26 heavy (non-hydrogen) atoms. The van der Waals surface area contributed by atoms with Crippen LogP contribution in [0.4, 0.5) is 0 Å². The van der Waals surface area contributed by atoms with E-state index < -0.39 is 5.97 Å². The Morgan fingerprint density at radius 3 is 2.92 bits per heavy atom. The zero-order chi connectivity index (χ0) is 17.9. The average molecular weight is 351 g/mol. The molecule has 1 aromatic heterocycles. The second kappa shape index (κ2) is 7.30. The highest BCUT2D eigenvalue weighted by atomic mass is 16.5.